The van der Waals surface area contributed by atoms with Crippen LogP contribution in [-0.4, -0.2) is 68.7 Å². The van der Waals surface area contributed by atoms with Gasteiger partial charge in [-0.1, -0.05) is 0 Å². The van der Waals surface area contributed by atoms with Gasteiger partial charge in [-0.2, -0.15) is 0 Å². The van der Waals surface area contributed by atoms with E-state index in [1.165, 1.54) is 0 Å². The Labute approximate surface area is 124 Å². The van der Waals surface area contributed by atoms with Crippen LogP contribution in [0, 0.1) is 5.41 Å². The SMILES string of the molecule is O=C(O)CC(CC(=O)O)(CC(=O)O)CC(=O)OCC(O)CO. The van der Waals surface area contributed by atoms with Crippen LogP contribution in [0.5, 0.6) is 0 Å². The fourth-order valence-corrected chi connectivity index (χ4v) is 1.94. The highest BCUT2D eigenvalue weighted by atomic mass is 16.5. The lowest BCUT2D eigenvalue weighted by molar-refractivity contribution is -0.155. The third-order valence-corrected chi connectivity index (χ3v) is 2.75. The van der Waals surface area contributed by atoms with Crippen molar-refractivity contribution < 1.29 is 49.4 Å². The van der Waals surface area contributed by atoms with Crippen LogP contribution in [-0.2, 0) is 23.9 Å². The van der Waals surface area contributed by atoms with Crippen LogP contribution in [0.1, 0.15) is 25.7 Å². The van der Waals surface area contributed by atoms with E-state index in [1.54, 1.807) is 0 Å². The first-order chi connectivity index (χ1) is 10.1. The number of ether oxygens (including phenoxy) is 1. The van der Waals surface area contributed by atoms with Gasteiger partial charge in [0.25, 0.3) is 0 Å². The predicted octanol–water partition coefficient (Wildman–Crippen LogP) is -1.32. The Balaban J connectivity index is 5.08. The molecule has 0 aromatic rings. The van der Waals surface area contributed by atoms with Crippen molar-refractivity contribution in [2.45, 2.75) is 31.8 Å². The number of carbonyl (C=O) groups excluding carboxylic acids is 1. The van der Waals surface area contributed by atoms with Gasteiger partial charge in [0.15, 0.2) is 0 Å². The quantitative estimate of drug-likeness (QED) is 0.286. The van der Waals surface area contributed by atoms with Gasteiger partial charge in [0.05, 0.1) is 32.3 Å². The molecule has 126 valence electrons. The van der Waals surface area contributed by atoms with Crippen LogP contribution in [0.15, 0.2) is 0 Å². The lowest BCUT2D eigenvalue weighted by Crippen LogP contribution is -2.34. The van der Waals surface area contributed by atoms with Gasteiger partial charge in [-0.3, -0.25) is 19.2 Å². The predicted molar refractivity (Wildman–Crippen MR) is 67.9 cm³/mol. The highest BCUT2D eigenvalue weighted by Crippen LogP contribution is 2.35. The number of carboxylic acid groups (broad SMARTS) is 3. The van der Waals surface area contributed by atoms with Crippen LogP contribution in [0.25, 0.3) is 0 Å². The highest BCUT2D eigenvalue weighted by Gasteiger charge is 2.40. The average molecular weight is 322 g/mol. The molecule has 10 nitrogen and oxygen atoms in total. The molecule has 22 heavy (non-hydrogen) atoms. The van der Waals surface area contributed by atoms with Crippen LogP contribution in [0.2, 0.25) is 0 Å². The molecular weight excluding hydrogens is 304 g/mol. The van der Waals surface area contributed by atoms with Gasteiger partial charge < -0.3 is 30.3 Å². The normalized spacial score (nSPS) is 12.5. The molecule has 0 radical (unpaired) electrons. The van der Waals surface area contributed by atoms with E-state index in [2.05, 4.69) is 4.74 Å². The number of aliphatic hydroxyl groups is 2. The van der Waals surface area contributed by atoms with E-state index in [0.29, 0.717) is 0 Å². The average Bonchev–Trinajstić information content (AvgIpc) is 2.32. The third kappa shape index (κ3) is 8.17. The molecule has 0 fully saturated rings. The maximum absolute atomic E-state index is 11.6. The molecule has 0 heterocycles. The summed E-state index contributed by atoms with van der Waals surface area (Å²) in [6.45, 7) is -1.24. The fourth-order valence-electron chi connectivity index (χ4n) is 1.94. The van der Waals surface area contributed by atoms with Crippen LogP contribution in [0.4, 0.5) is 0 Å². The third-order valence-electron chi connectivity index (χ3n) is 2.75. The van der Waals surface area contributed by atoms with E-state index < -0.39 is 74.3 Å². The maximum Gasteiger partial charge on any atom is 0.306 e. The Morgan fingerprint density at radius 1 is 0.864 bits per heavy atom. The molecule has 0 aliphatic rings. The van der Waals surface area contributed by atoms with E-state index >= 15 is 0 Å². The van der Waals surface area contributed by atoms with Gasteiger partial charge >= 0.3 is 23.9 Å². The van der Waals surface area contributed by atoms with Crippen molar-refractivity contribution in [1.82, 2.24) is 0 Å². The van der Waals surface area contributed by atoms with E-state index in [0.717, 1.165) is 0 Å². The molecule has 0 aromatic heterocycles. The number of carbonyl (C=O) groups is 4. The minimum atomic E-state index is -1.84. The molecule has 0 amide bonds. The summed E-state index contributed by atoms with van der Waals surface area (Å²) in [5.41, 5.74) is -1.84. The van der Waals surface area contributed by atoms with Gasteiger partial charge in [-0.25, -0.2) is 0 Å². The van der Waals surface area contributed by atoms with E-state index in [-0.39, 0.29) is 0 Å². The smallest absolute Gasteiger partial charge is 0.306 e. The molecule has 0 saturated heterocycles. The van der Waals surface area contributed by atoms with E-state index in [4.69, 9.17) is 25.5 Å². The Morgan fingerprint density at radius 3 is 1.59 bits per heavy atom. The number of esters is 1. The lowest BCUT2D eigenvalue weighted by atomic mass is 9.75. The summed E-state index contributed by atoms with van der Waals surface area (Å²) in [6, 6.07) is 0. The summed E-state index contributed by atoms with van der Waals surface area (Å²) >= 11 is 0. The van der Waals surface area contributed by atoms with Crippen molar-refractivity contribution in [3.05, 3.63) is 0 Å². The van der Waals surface area contributed by atoms with Gasteiger partial charge in [-0.05, 0) is 0 Å². The minimum Gasteiger partial charge on any atom is -0.481 e. The van der Waals surface area contributed by atoms with Crippen molar-refractivity contribution in [2.75, 3.05) is 13.2 Å². The van der Waals surface area contributed by atoms with Crippen molar-refractivity contribution >= 4 is 23.9 Å². The number of hydrogen-bond acceptors (Lipinski definition) is 7. The zero-order chi connectivity index (χ0) is 17.3. The Hall–Kier alpha value is -2.20. The molecule has 0 bridgehead atoms. The molecule has 0 spiro atoms. The number of rotatable bonds is 11. The van der Waals surface area contributed by atoms with Gasteiger partial charge in [0.1, 0.15) is 12.7 Å². The molecule has 10 heteroatoms. The molecule has 0 saturated carbocycles. The zero-order valence-electron chi connectivity index (χ0n) is 11.6. The monoisotopic (exact) mass is 322 g/mol. The second kappa shape index (κ2) is 8.95. The second-order valence-electron chi connectivity index (χ2n) is 4.91. The Morgan fingerprint density at radius 2 is 1.27 bits per heavy atom. The van der Waals surface area contributed by atoms with Gasteiger partial charge in [0.2, 0.25) is 0 Å². The lowest BCUT2D eigenvalue weighted by Gasteiger charge is -2.28. The summed E-state index contributed by atoms with van der Waals surface area (Å²) in [6.07, 6.45) is -4.62. The topological polar surface area (TPSA) is 179 Å². The summed E-state index contributed by atoms with van der Waals surface area (Å²) in [5, 5.41) is 44.1. The summed E-state index contributed by atoms with van der Waals surface area (Å²) in [5.74, 6) is -5.42. The number of aliphatic hydroxyl groups excluding tert-OH is 2. The molecule has 5 N–H and O–H groups in total. The maximum atomic E-state index is 11.6. The molecule has 1 unspecified atom stereocenters. The molecule has 0 aromatic carbocycles. The van der Waals surface area contributed by atoms with Crippen LogP contribution >= 0.6 is 0 Å². The zero-order valence-corrected chi connectivity index (χ0v) is 11.6. The first kappa shape index (κ1) is 19.8. The van der Waals surface area contributed by atoms with E-state index in [9.17, 15) is 19.2 Å². The molecule has 0 rings (SSSR count). The van der Waals surface area contributed by atoms with Crippen molar-refractivity contribution in [1.29, 1.82) is 0 Å². The second-order valence-corrected chi connectivity index (χ2v) is 4.91. The standard InChI is InChI=1S/C12H18O10/c13-5-7(14)6-22-11(21)4-12(1-8(15)16,2-9(17)18)3-10(19)20/h7,13-14H,1-6H2,(H,15,16)(H,17,18)(H,19,20). The molecule has 0 aliphatic carbocycles. The van der Waals surface area contributed by atoms with Gasteiger partial charge in [-0.15, -0.1) is 0 Å². The fraction of sp³-hybridized carbons (Fsp3) is 0.667. The largest absolute Gasteiger partial charge is 0.481 e. The molecule has 0 aliphatic heterocycles. The van der Waals surface area contributed by atoms with Crippen LogP contribution < -0.4 is 0 Å². The molecular formula is C12H18O10. The number of carboxylic acids is 3. The minimum absolute atomic E-state index is 0.571. The Kier molecular flexibility index (Phi) is 8.05. The van der Waals surface area contributed by atoms with E-state index in [1.807, 2.05) is 0 Å². The van der Waals surface area contributed by atoms with Crippen molar-refractivity contribution in [3.8, 4) is 0 Å². The summed E-state index contributed by atoms with van der Waals surface area (Å²) in [4.78, 5) is 44.2. The van der Waals surface area contributed by atoms with Gasteiger partial charge in [0, 0.05) is 5.41 Å². The van der Waals surface area contributed by atoms with Crippen molar-refractivity contribution in [2.24, 2.45) is 5.41 Å². The highest BCUT2D eigenvalue weighted by molar-refractivity contribution is 5.79. The number of aliphatic carboxylic acids is 3. The first-order valence-corrected chi connectivity index (χ1v) is 6.20. The first-order valence-electron chi connectivity index (χ1n) is 6.20. The van der Waals surface area contributed by atoms with Crippen LogP contribution in [0.3, 0.4) is 0 Å². The summed E-state index contributed by atoms with van der Waals surface area (Å²) < 4.78 is 4.57. The number of hydrogen-bond donors (Lipinski definition) is 5. The Bertz CT molecular complexity index is 389. The van der Waals surface area contributed by atoms with Crippen molar-refractivity contribution in [3.63, 3.8) is 0 Å². The summed E-state index contributed by atoms with van der Waals surface area (Å²) in [7, 11) is 0. The molecule has 1 atom stereocenters.